The average molecular weight is 626 g/mol. The number of hydrogen-bond acceptors (Lipinski definition) is 15. The van der Waals surface area contributed by atoms with Crippen molar-refractivity contribution in [2.45, 2.75) is 87.7 Å². The highest BCUT2D eigenvalue weighted by molar-refractivity contribution is 7.33. The van der Waals surface area contributed by atoms with Crippen molar-refractivity contribution in [2.75, 3.05) is 35.7 Å². The molecule has 44 heavy (non-hydrogen) atoms. The average Bonchev–Trinajstić information content (AvgIpc) is 3.80. The molecule has 0 saturated heterocycles. The highest BCUT2D eigenvalue weighted by Gasteiger charge is 2.47. The minimum absolute atomic E-state index is 0.183. The third-order valence-electron chi connectivity index (χ3n) is 8.38. The molecule has 6 N–H and O–H groups in total. The molecule has 4 aromatic heterocycles. The van der Waals surface area contributed by atoms with Gasteiger partial charge in [0, 0.05) is 16.6 Å². The van der Waals surface area contributed by atoms with Crippen LogP contribution < -0.4 is 22.1 Å². The monoisotopic (exact) mass is 625 g/mol. The topological polar surface area (TPSA) is 217 Å². The summed E-state index contributed by atoms with van der Waals surface area (Å²) in [5.41, 5.74) is 13.7. The second-order valence-electron chi connectivity index (χ2n) is 12.2. The van der Waals surface area contributed by atoms with Crippen molar-refractivity contribution in [1.29, 1.82) is 0 Å². The fourth-order valence-electron chi connectivity index (χ4n) is 5.22. The van der Waals surface area contributed by atoms with Crippen LogP contribution in [0.1, 0.15) is 51.4 Å². The summed E-state index contributed by atoms with van der Waals surface area (Å²) in [6, 6.07) is 0.818. The Morgan fingerprint density at radius 1 is 0.750 bits per heavy atom. The molecule has 4 aliphatic rings. The molecule has 0 aliphatic heterocycles. The largest absolute Gasteiger partial charge is 0.702 e. The van der Waals surface area contributed by atoms with Crippen LogP contribution in [0.15, 0.2) is 12.7 Å². The van der Waals surface area contributed by atoms with Gasteiger partial charge in [-0.3, -0.25) is 0 Å². The van der Waals surface area contributed by atoms with Crippen LogP contribution >= 0.6 is 8.25 Å². The molecule has 4 aromatic rings. The summed E-state index contributed by atoms with van der Waals surface area (Å²) in [7, 11) is -2.44. The van der Waals surface area contributed by atoms with E-state index in [1.54, 1.807) is 12.7 Å². The van der Waals surface area contributed by atoms with E-state index in [-0.39, 0.29) is 25.5 Å². The summed E-state index contributed by atoms with van der Waals surface area (Å²) in [4.78, 5) is 26.5. The molecule has 4 saturated carbocycles. The SMILES string of the molecule is Nc1nc(NC2CC2)c2ncn(CC3(OCO[P+](=O)OCOC4(Cn5cnc6c(NC7CC7)nc(N)nc65)CC4)CC3)c2n1. The molecule has 4 aliphatic carbocycles. The van der Waals surface area contributed by atoms with Crippen molar-refractivity contribution < 1.29 is 23.1 Å². The highest BCUT2D eigenvalue weighted by Crippen LogP contribution is 2.44. The van der Waals surface area contributed by atoms with Gasteiger partial charge in [-0.2, -0.15) is 19.9 Å². The summed E-state index contributed by atoms with van der Waals surface area (Å²) in [6.45, 7) is 0.649. The van der Waals surface area contributed by atoms with E-state index >= 15 is 0 Å². The normalized spacial score (nSPS) is 19.8. The third kappa shape index (κ3) is 5.97. The van der Waals surface area contributed by atoms with Crippen LogP contribution in [0.3, 0.4) is 0 Å². The number of ether oxygens (including phenoxy) is 2. The number of nitrogen functional groups attached to an aromatic ring is 2. The number of nitrogens with zero attached hydrogens (tertiary/aromatic N) is 8. The number of fused-ring (bicyclic) bond motifs is 2. The zero-order valence-corrected chi connectivity index (χ0v) is 24.9. The lowest BCUT2D eigenvalue weighted by Gasteiger charge is -2.16. The predicted octanol–water partition coefficient (Wildman–Crippen LogP) is 2.68. The molecular weight excluding hydrogens is 591 g/mol. The number of nitrogens with two attached hydrogens (primary N) is 2. The highest BCUT2D eigenvalue weighted by atomic mass is 31.1. The molecule has 0 unspecified atom stereocenters. The van der Waals surface area contributed by atoms with Gasteiger partial charge < -0.3 is 40.7 Å². The second kappa shape index (κ2) is 10.7. The van der Waals surface area contributed by atoms with Gasteiger partial charge >= 0.3 is 8.25 Å². The minimum atomic E-state index is -2.44. The molecule has 0 amide bonds. The van der Waals surface area contributed by atoms with Gasteiger partial charge in [-0.25, -0.2) is 9.97 Å². The lowest BCUT2D eigenvalue weighted by atomic mass is 10.3. The van der Waals surface area contributed by atoms with Crippen LogP contribution in [0.5, 0.6) is 0 Å². The van der Waals surface area contributed by atoms with Gasteiger partial charge in [-0.05, 0) is 51.4 Å². The van der Waals surface area contributed by atoms with Gasteiger partial charge in [-0.15, -0.1) is 0 Å². The molecular formula is C26H34N12O5P+. The number of anilines is 4. The Hall–Kier alpha value is -3.76. The maximum absolute atomic E-state index is 12.4. The van der Waals surface area contributed by atoms with E-state index in [1.165, 1.54) is 0 Å². The van der Waals surface area contributed by atoms with Gasteiger partial charge in [-0.1, -0.05) is 9.05 Å². The van der Waals surface area contributed by atoms with E-state index in [4.69, 9.17) is 30.0 Å². The second-order valence-corrected chi connectivity index (χ2v) is 13.1. The van der Waals surface area contributed by atoms with E-state index in [0.717, 1.165) is 51.4 Å². The first-order valence-electron chi connectivity index (χ1n) is 14.9. The maximum Gasteiger partial charge on any atom is 0.702 e. The van der Waals surface area contributed by atoms with Crippen molar-refractivity contribution in [1.82, 2.24) is 39.0 Å². The summed E-state index contributed by atoms with van der Waals surface area (Å²) in [5, 5.41) is 6.73. The first-order chi connectivity index (χ1) is 21.4. The Bertz CT molecular complexity index is 1610. The van der Waals surface area contributed by atoms with Gasteiger partial charge in [0.25, 0.3) is 0 Å². The fraction of sp³-hybridized carbons (Fsp3) is 0.615. The van der Waals surface area contributed by atoms with Gasteiger partial charge in [0.2, 0.25) is 25.5 Å². The quantitative estimate of drug-likeness (QED) is 0.104. The van der Waals surface area contributed by atoms with Crippen molar-refractivity contribution in [2.24, 2.45) is 0 Å². The van der Waals surface area contributed by atoms with E-state index in [9.17, 15) is 4.57 Å². The third-order valence-corrected chi connectivity index (χ3v) is 9.01. The summed E-state index contributed by atoms with van der Waals surface area (Å²) in [5.74, 6) is 1.68. The van der Waals surface area contributed by atoms with Crippen molar-refractivity contribution >= 4 is 54.1 Å². The minimum Gasteiger partial charge on any atom is -0.368 e. The zero-order chi connectivity index (χ0) is 29.9. The van der Waals surface area contributed by atoms with Crippen LogP contribution in [-0.4, -0.2) is 75.9 Å². The number of imidazole rings is 2. The molecule has 0 bridgehead atoms. The zero-order valence-electron chi connectivity index (χ0n) is 24.0. The first-order valence-corrected chi connectivity index (χ1v) is 16.0. The van der Waals surface area contributed by atoms with Crippen LogP contribution in [0, 0.1) is 0 Å². The Morgan fingerprint density at radius 3 is 1.57 bits per heavy atom. The van der Waals surface area contributed by atoms with Gasteiger partial charge in [0.15, 0.2) is 34.0 Å². The predicted molar refractivity (Wildman–Crippen MR) is 158 cm³/mol. The summed E-state index contributed by atoms with van der Waals surface area (Å²) >= 11 is 0. The molecule has 0 atom stereocenters. The van der Waals surface area contributed by atoms with Crippen LogP contribution in [-0.2, 0) is 36.2 Å². The van der Waals surface area contributed by atoms with Crippen LogP contribution in [0.2, 0.25) is 0 Å². The van der Waals surface area contributed by atoms with E-state index in [0.29, 0.717) is 59.1 Å². The Labute approximate surface area is 252 Å². The Morgan fingerprint density at radius 2 is 1.18 bits per heavy atom. The molecule has 8 rings (SSSR count). The van der Waals surface area contributed by atoms with Crippen LogP contribution in [0.4, 0.5) is 23.5 Å². The maximum atomic E-state index is 12.4. The Balaban J connectivity index is 0.812. The molecule has 4 heterocycles. The van der Waals surface area contributed by atoms with Crippen molar-refractivity contribution in [3.8, 4) is 0 Å². The van der Waals surface area contributed by atoms with E-state index in [1.807, 2.05) is 9.13 Å². The fourth-order valence-corrected chi connectivity index (χ4v) is 5.57. The first kappa shape index (κ1) is 27.8. The summed E-state index contributed by atoms with van der Waals surface area (Å²) < 4.78 is 38.8. The molecule has 17 nitrogen and oxygen atoms in total. The van der Waals surface area contributed by atoms with Crippen molar-refractivity contribution in [3.63, 3.8) is 0 Å². The van der Waals surface area contributed by atoms with E-state index < -0.39 is 19.5 Å². The lowest BCUT2D eigenvalue weighted by Crippen LogP contribution is -2.23. The number of rotatable bonds is 16. The van der Waals surface area contributed by atoms with Gasteiger partial charge in [0.05, 0.1) is 36.9 Å². The lowest BCUT2D eigenvalue weighted by molar-refractivity contribution is -0.0808. The number of aromatic nitrogens is 8. The van der Waals surface area contributed by atoms with Crippen molar-refractivity contribution in [3.05, 3.63) is 12.7 Å². The standard InChI is InChI=1S/C26H34N12O5P/c27-23-33-19(31-15-1-2-15)17-21(35-23)37(11-29-17)9-25(5-6-25)40-13-42-44(39)43-14-41-26(7-8-26)10-38-12-30-18-20(32-16-3-4-16)34-24(28)36-22(18)38/h11-12,15-16H,1-10,13-14H2,(H3,27,31,33,35)(H3,28,32,34,36)/q+1. The number of hydrogen-bond donors (Lipinski definition) is 4. The van der Waals surface area contributed by atoms with Gasteiger partial charge in [0.1, 0.15) is 0 Å². The van der Waals surface area contributed by atoms with Crippen LogP contribution in [0.25, 0.3) is 22.3 Å². The molecule has 0 spiro atoms. The molecule has 0 radical (unpaired) electrons. The summed E-state index contributed by atoms with van der Waals surface area (Å²) in [6.07, 6.45) is 11.2. The smallest absolute Gasteiger partial charge is 0.368 e. The number of nitrogens with one attached hydrogen (secondary N) is 2. The molecule has 4 fully saturated rings. The molecule has 232 valence electrons. The molecule has 18 heteroatoms. The Kier molecular flexibility index (Phi) is 6.75. The molecule has 0 aromatic carbocycles. The van der Waals surface area contributed by atoms with E-state index in [2.05, 4.69) is 40.5 Å².